The van der Waals surface area contributed by atoms with Crippen LogP contribution >= 0.6 is 0 Å². The first-order valence-electron chi connectivity index (χ1n) is 11.0. The summed E-state index contributed by atoms with van der Waals surface area (Å²) in [6.45, 7) is -0.317. The number of carbonyl (C=O) groups excluding carboxylic acids is 1. The first-order valence-corrected chi connectivity index (χ1v) is 11.0. The standard InChI is InChI=1S/C28H22N2O4/c31-27(18-34-26-13-7-6-12-23(26)28(32)33)30-25(20-9-2-1-3-10-20)17-24(29-30)22-15-14-19-8-4-5-11-21(19)16-22/h1-16,25H,17-18H2,(H,32,33). The predicted octanol–water partition coefficient (Wildman–Crippen LogP) is 5.29. The number of rotatable bonds is 6. The summed E-state index contributed by atoms with van der Waals surface area (Å²) in [5.41, 5.74) is 2.77. The third-order valence-corrected chi connectivity index (χ3v) is 5.90. The zero-order chi connectivity index (χ0) is 23.5. The first-order chi connectivity index (χ1) is 16.6. The van der Waals surface area contributed by atoms with E-state index in [0.29, 0.717) is 6.42 Å². The Morgan fingerprint density at radius 3 is 2.38 bits per heavy atom. The van der Waals surface area contributed by atoms with Crippen molar-refractivity contribution >= 4 is 28.4 Å². The average Bonchev–Trinajstić information content (AvgIpc) is 3.33. The van der Waals surface area contributed by atoms with Crippen molar-refractivity contribution in [2.75, 3.05) is 6.61 Å². The fourth-order valence-electron chi connectivity index (χ4n) is 4.19. The van der Waals surface area contributed by atoms with E-state index >= 15 is 0 Å². The molecular weight excluding hydrogens is 428 g/mol. The number of nitrogens with zero attached hydrogens (tertiary/aromatic N) is 2. The van der Waals surface area contributed by atoms with E-state index < -0.39 is 5.97 Å². The lowest BCUT2D eigenvalue weighted by molar-refractivity contribution is -0.135. The smallest absolute Gasteiger partial charge is 0.339 e. The molecule has 0 radical (unpaired) electrons. The molecule has 6 heteroatoms. The number of hydrazone groups is 1. The lowest BCUT2D eigenvalue weighted by atomic mass is 9.97. The van der Waals surface area contributed by atoms with Crippen molar-refractivity contribution in [3.05, 3.63) is 114 Å². The van der Waals surface area contributed by atoms with E-state index in [0.717, 1.165) is 27.6 Å². The van der Waals surface area contributed by atoms with Gasteiger partial charge in [0.2, 0.25) is 0 Å². The lowest BCUT2D eigenvalue weighted by Crippen LogP contribution is -2.31. The number of benzene rings is 4. The molecule has 1 amide bonds. The van der Waals surface area contributed by atoms with Crippen LogP contribution in [-0.2, 0) is 4.79 Å². The fourth-order valence-corrected chi connectivity index (χ4v) is 4.19. The zero-order valence-corrected chi connectivity index (χ0v) is 18.3. The third-order valence-electron chi connectivity index (χ3n) is 5.90. The molecule has 0 spiro atoms. The molecule has 0 bridgehead atoms. The normalized spacial score (nSPS) is 15.2. The van der Waals surface area contributed by atoms with Gasteiger partial charge in [-0.2, -0.15) is 5.10 Å². The summed E-state index contributed by atoms with van der Waals surface area (Å²) in [6.07, 6.45) is 0.569. The zero-order valence-electron chi connectivity index (χ0n) is 18.3. The summed E-state index contributed by atoms with van der Waals surface area (Å²) in [4.78, 5) is 24.7. The second kappa shape index (κ2) is 9.19. The van der Waals surface area contributed by atoms with Gasteiger partial charge in [0.25, 0.3) is 5.91 Å². The summed E-state index contributed by atoms with van der Waals surface area (Å²) in [5, 5.41) is 17.8. The van der Waals surface area contributed by atoms with Crippen LogP contribution in [0.4, 0.5) is 0 Å². The Labute approximate surface area is 196 Å². The Balaban J connectivity index is 1.43. The monoisotopic (exact) mass is 450 g/mol. The van der Waals surface area contributed by atoms with Gasteiger partial charge < -0.3 is 9.84 Å². The van der Waals surface area contributed by atoms with Crippen LogP contribution in [0.2, 0.25) is 0 Å². The van der Waals surface area contributed by atoms with Crippen molar-refractivity contribution in [3.8, 4) is 5.75 Å². The largest absolute Gasteiger partial charge is 0.483 e. The van der Waals surface area contributed by atoms with Crippen molar-refractivity contribution in [2.45, 2.75) is 12.5 Å². The van der Waals surface area contributed by atoms with E-state index in [2.05, 4.69) is 24.3 Å². The SMILES string of the molecule is O=C(O)c1ccccc1OCC(=O)N1N=C(c2ccc3ccccc3c2)CC1c1ccccc1. The third kappa shape index (κ3) is 4.26. The van der Waals surface area contributed by atoms with Crippen LogP contribution < -0.4 is 4.74 Å². The molecule has 0 saturated heterocycles. The van der Waals surface area contributed by atoms with E-state index in [1.54, 1.807) is 18.2 Å². The van der Waals surface area contributed by atoms with Gasteiger partial charge in [0.05, 0.1) is 11.8 Å². The van der Waals surface area contributed by atoms with Gasteiger partial charge in [0.1, 0.15) is 11.3 Å². The summed E-state index contributed by atoms with van der Waals surface area (Å²) in [5.74, 6) is -1.30. The van der Waals surface area contributed by atoms with Gasteiger partial charge in [0.15, 0.2) is 6.61 Å². The van der Waals surface area contributed by atoms with Gasteiger partial charge in [0, 0.05) is 6.42 Å². The minimum Gasteiger partial charge on any atom is -0.483 e. The Morgan fingerprint density at radius 1 is 0.882 bits per heavy atom. The molecule has 1 heterocycles. The van der Waals surface area contributed by atoms with Crippen molar-refractivity contribution < 1.29 is 19.4 Å². The molecule has 1 atom stereocenters. The van der Waals surface area contributed by atoms with Gasteiger partial charge in [-0.25, -0.2) is 9.80 Å². The summed E-state index contributed by atoms with van der Waals surface area (Å²) >= 11 is 0. The highest BCUT2D eigenvalue weighted by atomic mass is 16.5. The predicted molar refractivity (Wildman–Crippen MR) is 130 cm³/mol. The number of carboxylic acid groups (broad SMARTS) is 1. The second-order valence-electron chi connectivity index (χ2n) is 8.07. The number of hydrogen-bond donors (Lipinski definition) is 1. The summed E-state index contributed by atoms with van der Waals surface area (Å²) in [7, 11) is 0. The number of hydrogen-bond acceptors (Lipinski definition) is 4. The highest BCUT2D eigenvalue weighted by Crippen LogP contribution is 2.33. The molecule has 1 unspecified atom stereocenters. The Bertz CT molecular complexity index is 1400. The highest BCUT2D eigenvalue weighted by molar-refractivity contribution is 6.05. The minimum atomic E-state index is -1.11. The molecule has 5 rings (SSSR count). The molecule has 168 valence electrons. The van der Waals surface area contributed by atoms with Crippen LogP contribution in [-0.4, -0.2) is 34.3 Å². The molecule has 1 aliphatic heterocycles. The summed E-state index contributed by atoms with van der Waals surface area (Å²) < 4.78 is 5.61. The van der Waals surface area contributed by atoms with Crippen LogP contribution in [0.5, 0.6) is 5.75 Å². The fraction of sp³-hybridized carbons (Fsp3) is 0.107. The number of para-hydroxylation sites is 1. The van der Waals surface area contributed by atoms with Gasteiger partial charge in [-0.3, -0.25) is 4.79 Å². The number of ether oxygens (including phenoxy) is 1. The van der Waals surface area contributed by atoms with Gasteiger partial charge >= 0.3 is 5.97 Å². The number of carboxylic acids is 1. The molecule has 1 N–H and O–H groups in total. The Hall–Kier alpha value is -4.45. The molecular formula is C28H22N2O4. The Kier molecular flexibility index (Phi) is 5.79. The van der Waals surface area contributed by atoms with Crippen molar-refractivity contribution in [1.29, 1.82) is 0 Å². The minimum absolute atomic E-state index is 0.0108. The van der Waals surface area contributed by atoms with Crippen LogP contribution in [0.1, 0.15) is 33.9 Å². The van der Waals surface area contributed by atoms with Crippen LogP contribution in [0.15, 0.2) is 102 Å². The molecule has 4 aromatic rings. The average molecular weight is 450 g/mol. The highest BCUT2D eigenvalue weighted by Gasteiger charge is 2.33. The van der Waals surface area contributed by atoms with Crippen LogP contribution in [0.3, 0.4) is 0 Å². The maximum absolute atomic E-state index is 13.2. The number of amides is 1. The van der Waals surface area contributed by atoms with Crippen molar-refractivity contribution in [3.63, 3.8) is 0 Å². The van der Waals surface area contributed by atoms with Crippen molar-refractivity contribution in [2.24, 2.45) is 5.10 Å². The lowest BCUT2D eigenvalue weighted by Gasteiger charge is -2.22. The van der Waals surface area contributed by atoms with E-state index in [4.69, 9.17) is 9.84 Å². The number of aromatic carboxylic acids is 1. The first kappa shape index (κ1) is 21.4. The molecule has 34 heavy (non-hydrogen) atoms. The maximum Gasteiger partial charge on any atom is 0.339 e. The molecule has 0 aromatic heterocycles. The van der Waals surface area contributed by atoms with Crippen molar-refractivity contribution in [1.82, 2.24) is 5.01 Å². The maximum atomic E-state index is 13.2. The van der Waals surface area contributed by atoms with Gasteiger partial charge in [-0.15, -0.1) is 0 Å². The van der Waals surface area contributed by atoms with E-state index in [1.165, 1.54) is 11.1 Å². The van der Waals surface area contributed by atoms with E-state index in [9.17, 15) is 14.7 Å². The van der Waals surface area contributed by atoms with Crippen LogP contribution in [0, 0.1) is 0 Å². The molecule has 0 fully saturated rings. The molecule has 0 saturated carbocycles. The van der Waals surface area contributed by atoms with Gasteiger partial charge in [-0.1, -0.05) is 78.9 Å². The van der Waals surface area contributed by atoms with E-state index in [1.807, 2.05) is 48.5 Å². The van der Waals surface area contributed by atoms with Crippen LogP contribution in [0.25, 0.3) is 10.8 Å². The number of fused-ring (bicyclic) bond motifs is 1. The molecule has 0 aliphatic carbocycles. The molecule has 6 nitrogen and oxygen atoms in total. The summed E-state index contributed by atoms with van der Waals surface area (Å²) in [6, 6.07) is 30.0. The van der Waals surface area contributed by atoms with E-state index in [-0.39, 0.29) is 29.9 Å². The quantitative estimate of drug-likeness (QED) is 0.433. The van der Waals surface area contributed by atoms with Gasteiger partial charge in [-0.05, 0) is 40.1 Å². The molecule has 4 aromatic carbocycles. The topological polar surface area (TPSA) is 79.2 Å². The molecule has 1 aliphatic rings. The second-order valence-corrected chi connectivity index (χ2v) is 8.07. The Morgan fingerprint density at radius 2 is 1.59 bits per heavy atom. The number of carbonyl (C=O) groups is 2.